The van der Waals surface area contributed by atoms with Crippen molar-refractivity contribution in [1.29, 1.82) is 0 Å². The van der Waals surface area contributed by atoms with Crippen LogP contribution in [0.3, 0.4) is 0 Å². The summed E-state index contributed by atoms with van der Waals surface area (Å²) in [6.45, 7) is 2.72. The smallest absolute Gasteiger partial charge is 0.338 e. The molecule has 11 heteroatoms. The summed E-state index contributed by atoms with van der Waals surface area (Å²) in [5.41, 5.74) is 0.216. The van der Waals surface area contributed by atoms with Gasteiger partial charge in [0.2, 0.25) is 5.91 Å². The van der Waals surface area contributed by atoms with Crippen molar-refractivity contribution >= 4 is 33.2 Å². The standard InChI is InChI=1S/C18H26N2O7S2/c1-25-18(22)14-11-17(28-13-14)29(23,24)20-7-5-19(6-8-20)16(21)4-10-26-12-15-3-2-9-27-15/h11,13,15H,2-10,12H2,1H3. The van der Waals surface area contributed by atoms with E-state index in [-0.39, 0.29) is 41.3 Å². The lowest BCUT2D eigenvalue weighted by Crippen LogP contribution is -2.50. The summed E-state index contributed by atoms with van der Waals surface area (Å²) >= 11 is 0.987. The van der Waals surface area contributed by atoms with E-state index in [1.807, 2.05) is 0 Å². The Bertz CT molecular complexity index is 810. The number of esters is 1. The Morgan fingerprint density at radius 2 is 2.03 bits per heavy atom. The molecule has 2 aliphatic rings. The first-order valence-corrected chi connectivity index (χ1v) is 11.9. The summed E-state index contributed by atoms with van der Waals surface area (Å²) in [6.07, 6.45) is 2.45. The second kappa shape index (κ2) is 9.98. The lowest BCUT2D eigenvalue weighted by Gasteiger charge is -2.33. The molecule has 0 aromatic carbocycles. The average Bonchev–Trinajstić information content (AvgIpc) is 3.43. The lowest BCUT2D eigenvalue weighted by molar-refractivity contribution is -0.133. The van der Waals surface area contributed by atoms with E-state index in [2.05, 4.69) is 4.74 Å². The molecule has 1 atom stereocenters. The van der Waals surface area contributed by atoms with Crippen molar-refractivity contribution in [3.8, 4) is 0 Å². The number of methoxy groups -OCH3 is 1. The molecular weight excluding hydrogens is 420 g/mol. The van der Waals surface area contributed by atoms with Crippen molar-refractivity contribution in [2.45, 2.75) is 29.6 Å². The van der Waals surface area contributed by atoms with Crippen molar-refractivity contribution < 1.29 is 32.2 Å². The number of carbonyl (C=O) groups is 2. The number of hydrogen-bond donors (Lipinski definition) is 0. The van der Waals surface area contributed by atoms with Crippen LogP contribution in [0.1, 0.15) is 29.6 Å². The number of piperazine rings is 1. The van der Waals surface area contributed by atoms with Gasteiger partial charge in [-0.15, -0.1) is 11.3 Å². The van der Waals surface area contributed by atoms with Crippen LogP contribution in [0.25, 0.3) is 0 Å². The Hall–Kier alpha value is -1.53. The average molecular weight is 447 g/mol. The quantitative estimate of drug-likeness (QED) is 0.433. The van der Waals surface area contributed by atoms with Crippen molar-refractivity contribution in [1.82, 2.24) is 9.21 Å². The van der Waals surface area contributed by atoms with E-state index < -0.39 is 16.0 Å². The fourth-order valence-electron chi connectivity index (χ4n) is 3.29. The normalized spacial score (nSPS) is 20.7. The number of carbonyl (C=O) groups excluding carboxylic acids is 2. The van der Waals surface area contributed by atoms with Gasteiger partial charge in [-0.1, -0.05) is 0 Å². The van der Waals surface area contributed by atoms with Crippen LogP contribution >= 0.6 is 11.3 Å². The Labute approximate surface area is 174 Å². The molecule has 1 unspecified atom stereocenters. The third-order valence-corrected chi connectivity index (χ3v) is 8.28. The van der Waals surface area contributed by atoms with Gasteiger partial charge in [0.25, 0.3) is 10.0 Å². The molecule has 0 aliphatic carbocycles. The SMILES string of the molecule is COC(=O)c1csc(S(=O)(=O)N2CCN(C(=O)CCOCC3CCCO3)CC2)c1. The van der Waals surface area contributed by atoms with Crippen molar-refractivity contribution in [3.05, 3.63) is 17.0 Å². The summed E-state index contributed by atoms with van der Waals surface area (Å²) < 4.78 is 42.6. The van der Waals surface area contributed by atoms with Gasteiger partial charge in [0.15, 0.2) is 0 Å². The monoisotopic (exact) mass is 446 g/mol. The molecule has 3 rings (SSSR count). The summed E-state index contributed by atoms with van der Waals surface area (Å²) in [6, 6.07) is 1.33. The Balaban J connectivity index is 1.44. The predicted molar refractivity (Wildman–Crippen MR) is 105 cm³/mol. The van der Waals surface area contributed by atoms with Gasteiger partial charge in [-0.3, -0.25) is 4.79 Å². The van der Waals surface area contributed by atoms with E-state index in [0.717, 1.165) is 30.8 Å². The Morgan fingerprint density at radius 3 is 2.69 bits per heavy atom. The topological polar surface area (TPSA) is 102 Å². The fourth-order valence-corrected chi connectivity index (χ4v) is 6.01. The van der Waals surface area contributed by atoms with E-state index in [9.17, 15) is 18.0 Å². The van der Waals surface area contributed by atoms with Crippen LogP contribution in [0.4, 0.5) is 0 Å². The second-order valence-electron chi connectivity index (χ2n) is 6.89. The molecule has 1 aromatic rings. The van der Waals surface area contributed by atoms with Gasteiger partial charge in [-0.2, -0.15) is 4.31 Å². The van der Waals surface area contributed by atoms with Crippen LogP contribution in [0.2, 0.25) is 0 Å². The van der Waals surface area contributed by atoms with E-state index >= 15 is 0 Å². The zero-order valence-corrected chi connectivity index (χ0v) is 18.0. The second-order valence-corrected chi connectivity index (χ2v) is 9.97. The minimum Gasteiger partial charge on any atom is -0.465 e. The van der Waals surface area contributed by atoms with Crippen LogP contribution in [-0.4, -0.2) is 88.7 Å². The van der Waals surface area contributed by atoms with Crippen molar-refractivity contribution in [3.63, 3.8) is 0 Å². The molecule has 2 saturated heterocycles. The number of hydrogen-bond acceptors (Lipinski definition) is 8. The van der Waals surface area contributed by atoms with Crippen molar-refractivity contribution in [2.75, 3.05) is 53.1 Å². The van der Waals surface area contributed by atoms with Crippen LogP contribution in [0.15, 0.2) is 15.7 Å². The molecule has 2 aliphatic heterocycles. The third-order valence-electron chi connectivity index (χ3n) is 4.97. The summed E-state index contributed by atoms with van der Waals surface area (Å²) in [7, 11) is -2.45. The minimum atomic E-state index is -3.69. The fraction of sp³-hybridized carbons (Fsp3) is 0.667. The molecule has 0 radical (unpaired) electrons. The molecular formula is C18H26N2O7S2. The lowest BCUT2D eigenvalue weighted by atomic mass is 10.2. The third kappa shape index (κ3) is 5.54. The number of sulfonamides is 1. The zero-order valence-electron chi connectivity index (χ0n) is 16.4. The molecule has 29 heavy (non-hydrogen) atoms. The van der Waals surface area contributed by atoms with E-state index in [1.54, 1.807) is 4.90 Å². The van der Waals surface area contributed by atoms with Gasteiger partial charge in [0, 0.05) is 38.2 Å². The highest BCUT2D eigenvalue weighted by atomic mass is 32.2. The number of thiophene rings is 1. The Morgan fingerprint density at radius 1 is 1.28 bits per heavy atom. The number of amides is 1. The maximum absolute atomic E-state index is 12.8. The minimum absolute atomic E-state index is 0.0431. The van der Waals surface area contributed by atoms with Crippen molar-refractivity contribution in [2.24, 2.45) is 0 Å². The first-order chi connectivity index (χ1) is 13.9. The van der Waals surface area contributed by atoms with Crippen LogP contribution in [0, 0.1) is 0 Å². The highest BCUT2D eigenvalue weighted by Crippen LogP contribution is 2.25. The first kappa shape index (κ1) is 22.2. The van der Waals surface area contributed by atoms with Gasteiger partial charge in [-0.25, -0.2) is 13.2 Å². The molecule has 9 nitrogen and oxygen atoms in total. The molecule has 0 spiro atoms. The van der Waals surface area contributed by atoms with Gasteiger partial charge in [0.05, 0.1) is 38.4 Å². The highest BCUT2D eigenvalue weighted by Gasteiger charge is 2.31. The number of nitrogens with zero attached hydrogens (tertiary/aromatic N) is 2. The van der Waals surface area contributed by atoms with Gasteiger partial charge >= 0.3 is 5.97 Å². The molecule has 1 aromatic heterocycles. The van der Waals surface area contributed by atoms with Crippen LogP contribution < -0.4 is 0 Å². The summed E-state index contributed by atoms with van der Waals surface area (Å²) in [4.78, 5) is 25.5. The molecule has 1 amide bonds. The summed E-state index contributed by atoms with van der Waals surface area (Å²) in [5, 5.41) is 1.47. The molecule has 2 fully saturated rings. The number of ether oxygens (including phenoxy) is 3. The number of rotatable bonds is 8. The largest absolute Gasteiger partial charge is 0.465 e. The molecule has 0 bridgehead atoms. The van der Waals surface area contributed by atoms with Gasteiger partial charge in [-0.05, 0) is 18.9 Å². The molecule has 3 heterocycles. The predicted octanol–water partition coefficient (Wildman–Crippen LogP) is 0.953. The molecule has 0 saturated carbocycles. The van der Waals surface area contributed by atoms with Gasteiger partial charge < -0.3 is 19.1 Å². The maximum Gasteiger partial charge on any atom is 0.338 e. The highest BCUT2D eigenvalue weighted by molar-refractivity contribution is 7.91. The Kier molecular flexibility index (Phi) is 7.63. The summed E-state index contributed by atoms with van der Waals surface area (Å²) in [5.74, 6) is -0.613. The van der Waals surface area contributed by atoms with E-state index in [4.69, 9.17) is 9.47 Å². The van der Waals surface area contributed by atoms with E-state index in [1.165, 1.54) is 22.9 Å². The van der Waals surface area contributed by atoms with Crippen LogP contribution in [0.5, 0.6) is 0 Å². The zero-order chi connectivity index (χ0) is 20.9. The molecule has 162 valence electrons. The van der Waals surface area contributed by atoms with Crippen LogP contribution in [-0.2, 0) is 29.0 Å². The molecule has 0 N–H and O–H groups in total. The van der Waals surface area contributed by atoms with E-state index in [0.29, 0.717) is 26.3 Å². The maximum atomic E-state index is 12.8. The first-order valence-electron chi connectivity index (χ1n) is 9.56. The van der Waals surface area contributed by atoms with Gasteiger partial charge in [0.1, 0.15) is 4.21 Å².